The Morgan fingerprint density at radius 1 is 1.04 bits per heavy atom. The summed E-state index contributed by atoms with van der Waals surface area (Å²) < 4.78 is 0. The fourth-order valence-corrected chi connectivity index (χ4v) is 2.14. The largest absolute Gasteiger partial charge is 0.352 e. The molecule has 2 amide bonds. The number of amides is 2. The van der Waals surface area contributed by atoms with Gasteiger partial charge in [-0.25, -0.2) is 0 Å². The second kappa shape index (κ2) is 10.5. The topological polar surface area (TPSA) is 84.2 Å². The van der Waals surface area contributed by atoms with E-state index in [1.807, 2.05) is 30.3 Å². The van der Waals surface area contributed by atoms with E-state index in [2.05, 4.69) is 10.6 Å². The van der Waals surface area contributed by atoms with Crippen LogP contribution in [0.25, 0.3) is 0 Å². The van der Waals surface area contributed by atoms with Crippen LogP contribution in [0.15, 0.2) is 54.6 Å². The van der Waals surface area contributed by atoms with E-state index in [4.69, 9.17) is 5.73 Å². The van der Waals surface area contributed by atoms with Crippen molar-refractivity contribution < 1.29 is 9.59 Å². The molecular formula is C19H24ClN3O2. The summed E-state index contributed by atoms with van der Waals surface area (Å²) in [6.07, 6.45) is 0.789. The standard InChI is InChI=1S/C19H23N3O2.ClH/c1-14(13-20)18(23)22-17-9-7-16(8-10-17)19(24)21-12-11-15-5-3-2-4-6-15;/h2-10,14H,11-13,20H2,1H3,(H,21,24)(H,22,23);1H. The molecular weight excluding hydrogens is 338 g/mol. The van der Waals surface area contributed by atoms with Crippen molar-refractivity contribution in [1.82, 2.24) is 5.32 Å². The molecule has 2 rings (SSSR count). The Bertz CT molecular complexity index is 675. The summed E-state index contributed by atoms with van der Waals surface area (Å²) in [5.74, 6) is -0.498. The summed E-state index contributed by atoms with van der Waals surface area (Å²) in [4.78, 5) is 23.9. The first-order valence-corrected chi connectivity index (χ1v) is 8.03. The molecule has 4 N–H and O–H groups in total. The predicted molar refractivity (Wildman–Crippen MR) is 103 cm³/mol. The Balaban J connectivity index is 0.00000312. The second-order valence-electron chi connectivity index (χ2n) is 5.69. The monoisotopic (exact) mass is 361 g/mol. The predicted octanol–water partition coefficient (Wildman–Crippen LogP) is 2.61. The van der Waals surface area contributed by atoms with Crippen LogP contribution in [0.2, 0.25) is 0 Å². The molecule has 0 fully saturated rings. The van der Waals surface area contributed by atoms with Crippen LogP contribution in [-0.2, 0) is 11.2 Å². The molecule has 0 saturated heterocycles. The maximum atomic E-state index is 12.1. The molecule has 0 aliphatic carbocycles. The van der Waals surface area contributed by atoms with Gasteiger partial charge >= 0.3 is 0 Å². The van der Waals surface area contributed by atoms with Gasteiger partial charge in [0.05, 0.1) is 0 Å². The molecule has 0 bridgehead atoms. The van der Waals surface area contributed by atoms with Crippen LogP contribution < -0.4 is 16.4 Å². The molecule has 2 aromatic rings. The van der Waals surface area contributed by atoms with Crippen LogP contribution in [0, 0.1) is 5.92 Å². The third kappa shape index (κ3) is 6.57. The van der Waals surface area contributed by atoms with Gasteiger partial charge in [0.25, 0.3) is 5.91 Å². The first-order valence-electron chi connectivity index (χ1n) is 8.03. The third-order valence-electron chi connectivity index (χ3n) is 3.76. The van der Waals surface area contributed by atoms with Gasteiger partial charge in [-0.15, -0.1) is 12.4 Å². The number of benzene rings is 2. The number of carbonyl (C=O) groups excluding carboxylic acids is 2. The molecule has 0 aliphatic heterocycles. The molecule has 25 heavy (non-hydrogen) atoms. The molecule has 1 unspecified atom stereocenters. The van der Waals surface area contributed by atoms with Crippen LogP contribution >= 0.6 is 12.4 Å². The van der Waals surface area contributed by atoms with Crippen molar-refractivity contribution in [2.75, 3.05) is 18.4 Å². The Kier molecular flexibility index (Phi) is 8.67. The van der Waals surface area contributed by atoms with E-state index in [1.165, 1.54) is 5.56 Å². The van der Waals surface area contributed by atoms with Gasteiger partial charge in [0.1, 0.15) is 0 Å². The SMILES string of the molecule is CC(CN)C(=O)Nc1ccc(C(=O)NCCc2ccccc2)cc1.Cl. The maximum Gasteiger partial charge on any atom is 0.251 e. The molecule has 0 saturated carbocycles. The summed E-state index contributed by atoms with van der Waals surface area (Å²) in [5.41, 5.74) is 7.87. The molecule has 0 spiro atoms. The maximum absolute atomic E-state index is 12.1. The number of anilines is 1. The average Bonchev–Trinajstić information content (AvgIpc) is 2.62. The molecule has 134 valence electrons. The minimum absolute atomic E-state index is 0. The van der Waals surface area contributed by atoms with Gasteiger partial charge in [0.15, 0.2) is 0 Å². The fourth-order valence-electron chi connectivity index (χ4n) is 2.14. The molecule has 6 heteroatoms. The van der Waals surface area contributed by atoms with Crippen LogP contribution in [0.1, 0.15) is 22.8 Å². The second-order valence-corrected chi connectivity index (χ2v) is 5.69. The van der Waals surface area contributed by atoms with E-state index in [1.54, 1.807) is 31.2 Å². The summed E-state index contributed by atoms with van der Waals surface area (Å²) in [6, 6.07) is 16.8. The Labute approximate surface area is 154 Å². The number of halogens is 1. The van der Waals surface area contributed by atoms with Gasteiger partial charge < -0.3 is 16.4 Å². The first-order chi connectivity index (χ1) is 11.6. The number of nitrogens with one attached hydrogen (secondary N) is 2. The molecule has 2 aromatic carbocycles. The van der Waals surface area contributed by atoms with Crippen LogP contribution in [0.5, 0.6) is 0 Å². The lowest BCUT2D eigenvalue weighted by Crippen LogP contribution is -2.27. The van der Waals surface area contributed by atoms with E-state index in [0.29, 0.717) is 24.3 Å². The van der Waals surface area contributed by atoms with E-state index in [0.717, 1.165) is 6.42 Å². The van der Waals surface area contributed by atoms with Gasteiger partial charge in [-0.2, -0.15) is 0 Å². The normalized spacial score (nSPS) is 11.1. The van der Waals surface area contributed by atoms with Gasteiger partial charge in [0, 0.05) is 30.3 Å². The zero-order valence-corrected chi connectivity index (χ0v) is 15.0. The molecule has 1 atom stereocenters. The van der Waals surface area contributed by atoms with Gasteiger partial charge in [-0.05, 0) is 36.2 Å². The highest BCUT2D eigenvalue weighted by atomic mass is 35.5. The lowest BCUT2D eigenvalue weighted by molar-refractivity contribution is -0.119. The molecule has 5 nitrogen and oxygen atoms in total. The van der Waals surface area contributed by atoms with Crippen molar-refractivity contribution in [3.8, 4) is 0 Å². The zero-order valence-electron chi connectivity index (χ0n) is 14.2. The van der Waals surface area contributed by atoms with Crippen molar-refractivity contribution in [3.05, 3.63) is 65.7 Å². The zero-order chi connectivity index (χ0) is 17.4. The van der Waals surface area contributed by atoms with E-state index >= 15 is 0 Å². The summed E-state index contributed by atoms with van der Waals surface area (Å²) >= 11 is 0. The quantitative estimate of drug-likeness (QED) is 0.708. The number of nitrogens with two attached hydrogens (primary N) is 1. The van der Waals surface area contributed by atoms with Crippen molar-refractivity contribution >= 4 is 29.9 Å². The molecule has 0 radical (unpaired) electrons. The summed E-state index contributed by atoms with van der Waals surface area (Å²) in [5, 5.41) is 5.66. The van der Waals surface area contributed by atoms with E-state index in [-0.39, 0.29) is 30.1 Å². The van der Waals surface area contributed by atoms with Crippen molar-refractivity contribution in [2.45, 2.75) is 13.3 Å². The Hall–Kier alpha value is -2.37. The van der Waals surface area contributed by atoms with Crippen molar-refractivity contribution in [1.29, 1.82) is 0 Å². The first kappa shape index (κ1) is 20.7. The lowest BCUT2D eigenvalue weighted by Gasteiger charge is -2.10. The highest BCUT2D eigenvalue weighted by Crippen LogP contribution is 2.11. The van der Waals surface area contributed by atoms with Crippen LogP contribution in [-0.4, -0.2) is 24.9 Å². The number of hydrogen-bond donors (Lipinski definition) is 3. The minimum Gasteiger partial charge on any atom is -0.352 e. The smallest absolute Gasteiger partial charge is 0.251 e. The van der Waals surface area contributed by atoms with Crippen molar-refractivity contribution in [2.24, 2.45) is 11.7 Å². The highest BCUT2D eigenvalue weighted by molar-refractivity contribution is 5.96. The highest BCUT2D eigenvalue weighted by Gasteiger charge is 2.11. The molecule has 0 aliphatic rings. The summed E-state index contributed by atoms with van der Waals surface area (Å²) in [6.45, 7) is 2.65. The number of hydrogen-bond acceptors (Lipinski definition) is 3. The van der Waals surface area contributed by atoms with Gasteiger partial charge in [-0.1, -0.05) is 37.3 Å². The molecule has 0 heterocycles. The third-order valence-corrected chi connectivity index (χ3v) is 3.76. The lowest BCUT2D eigenvalue weighted by atomic mass is 10.1. The van der Waals surface area contributed by atoms with Gasteiger partial charge in [0.2, 0.25) is 5.91 Å². The van der Waals surface area contributed by atoms with E-state index in [9.17, 15) is 9.59 Å². The average molecular weight is 362 g/mol. The van der Waals surface area contributed by atoms with Crippen LogP contribution in [0.3, 0.4) is 0 Å². The summed E-state index contributed by atoms with van der Waals surface area (Å²) in [7, 11) is 0. The number of rotatable bonds is 7. The Morgan fingerprint density at radius 3 is 2.28 bits per heavy atom. The minimum atomic E-state index is -0.244. The van der Waals surface area contributed by atoms with Crippen LogP contribution in [0.4, 0.5) is 5.69 Å². The van der Waals surface area contributed by atoms with Gasteiger partial charge in [-0.3, -0.25) is 9.59 Å². The fraction of sp³-hybridized carbons (Fsp3) is 0.263. The Morgan fingerprint density at radius 2 is 1.68 bits per heavy atom. The number of carbonyl (C=O) groups is 2. The molecule has 0 aromatic heterocycles. The van der Waals surface area contributed by atoms with E-state index < -0.39 is 0 Å². The van der Waals surface area contributed by atoms with Crippen molar-refractivity contribution in [3.63, 3.8) is 0 Å².